The van der Waals surface area contributed by atoms with Crippen LogP contribution in [-0.2, 0) is 0 Å². The highest BCUT2D eigenvalue weighted by atomic mass is 35.5. The molecule has 0 aliphatic carbocycles. The van der Waals surface area contributed by atoms with Gasteiger partial charge in [-0.25, -0.2) is 0 Å². The minimum atomic E-state index is 0. The summed E-state index contributed by atoms with van der Waals surface area (Å²) in [5.74, 6) is 0. The van der Waals surface area contributed by atoms with Crippen molar-refractivity contribution in [2.24, 2.45) is 0 Å². The third-order valence-electron chi connectivity index (χ3n) is 2.66. The van der Waals surface area contributed by atoms with Crippen molar-refractivity contribution in [3.05, 3.63) is 34.6 Å². The highest BCUT2D eigenvalue weighted by Gasteiger charge is 2.13. The van der Waals surface area contributed by atoms with Gasteiger partial charge < -0.3 is 5.32 Å². The Morgan fingerprint density at radius 2 is 2.06 bits per heavy atom. The van der Waals surface area contributed by atoms with Gasteiger partial charge in [0.25, 0.3) is 0 Å². The van der Waals surface area contributed by atoms with Crippen LogP contribution < -0.4 is 5.32 Å². The summed E-state index contributed by atoms with van der Waals surface area (Å²) in [6.45, 7) is 1.88. The second-order valence-corrected chi connectivity index (χ2v) is 4.14. The maximum atomic E-state index is 9.20. The van der Waals surface area contributed by atoms with Crippen molar-refractivity contribution in [3.8, 4) is 6.07 Å². The number of pyridine rings is 1. The van der Waals surface area contributed by atoms with Gasteiger partial charge in [0.15, 0.2) is 0 Å². The number of nitrogens with zero attached hydrogens (tertiary/aromatic N) is 2. The number of aromatic nitrogens is 1. The molecule has 1 aliphatic rings. The molecule has 0 spiro atoms. The van der Waals surface area contributed by atoms with E-state index in [-0.39, 0.29) is 12.4 Å². The summed E-state index contributed by atoms with van der Waals surface area (Å²) in [4.78, 5) is 4.19. The van der Waals surface area contributed by atoms with E-state index in [1.807, 2.05) is 0 Å². The third-order valence-corrected chi connectivity index (χ3v) is 2.88. The van der Waals surface area contributed by atoms with E-state index in [1.54, 1.807) is 18.3 Å². The van der Waals surface area contributed by atoms with Gasteiger partial charge in [-0.05, 0) is 43.6 Å². The fourth-order valence-electron chi connectivity index (χ4n) is 1.82. The number of hydrogen-bond donors (Lipinski definition) is 1. The van der Waals surface area contributed by atoms with E-state index >= 15 is 0 Å². The molecular formula is C12H13Cl2N3. The molecule has 0 radical (unpaired) electrons. The summed E-state index contributed by atoms with van der Waals surface area (Å²) >= 11 is 5.77. The lowest BCUT2D eigenvalue weighted by molar-refractivity contribution is 0.612. The molecule has 0 saturated carbocycles. The van der Waals surface area contributed by atoms with Crippen LogP contribution in [0.25, 0.3) is 5.57 Å². The molecule has 17 heavy (non-hydrogen) atoms. The number of piperidine rings is 1. The molecule has 2 rings (SSSR count). The number of nitriles is 1. The molecule has 0 unspecified atom stereocenters. The first-order chi connectivity index (χ1) is 7.81. The minimum absolute atomic E-state index is 0. The average Bonchev–Trinajstić information content (AvgIpc) is 2.34. The monoisotopic (exact) mass is 269 g/mol. The van der Waals surface area contributed by atoms with Crippen LogP contribution in [0.4, 0.5) is 0 Å². The van der Waals surface area contributed by atoms with Crippen LogP contribution in [0, 0.1) is 11.3 Å². The van der Waals surface area contributed by atoms with Crippen LogP contribution in [0.15, 0.2) is 23.9 Å². The summed E-state index contributed by atoms with van der Waals surface area (Å²) in [5.41, 5.74) is 2.62. The zero-order chi connectivity index (χ0) is 11.4. The van der Waals surface area contributed by atoms with E-state index in [4.69, 9.17) is 11.6 Å². The van der Waals surface area contributed by atoms with Gasteiger partial charge in [0.05, 0.1) is 16.3 Å². The topological polar surface area (TPSA) is 48.7 Å². The Hall–Kier alpha value is -1.08. The van der Waals surface area contributed by atoms with E-state index in [1.165, 1.54) is 5.57 Å². The molecule has 1 fully saturated rings. The Labute approximate surface area is 112 Å². The molecule has 1 N–H and O–H groups in total. The molecule has 2 heterocycles. The predicted molar refractivity (Wildman–Crippen MR) is 71.1 cm³/mol. The predicted octanol–water partition coefficient (Wildman–Crippen LogP) is 2.82. The first kappa shape index (κ1) is 14.0. The van der Waals surface area contributed by atoms with Gasteiger partial charge >= 0.3 is 0 Å². The summed E-state index contributed by atoms with van der Waals surface area (Å²) in [6, 6.07) is 5.82. The van der Waals surface area contributed by atoms with Crippen LogP contribution in [0.2, 0.25) is 5.02 Å². The second-order valence-electron chi connectivity index (χ2n) is 3.70. The van der Waals surface area contributed by atoms with Crippen LogP contribution in [0.3, 0.4) is 0 Å². The van der Waals surface area contributed by atoms with Crippen LogP contribution >= 0.6 is 24.0 Å². The number of hydrogen-bond acceptors (Lipinski definition) is 3. The summed E-state index contributed by atoms with van der Waals surface area (Å²) in [7, 11) is 0. The van der Waals surface area contributed by atoms with E-state index in [9.17, 15) is 5.26 Å². The standard InChI is InChI=1S/C12H12ClN3.ClH/c13-10-1-2-12(16-8-10)11(7-14)9-3-5-15-6-4-9;/h1-2,8,15H,3-6H2;1H. The van der Waals surface area contributed by atoms with Crippen molar-refractivity contribution in [2.75, 3.05) is 13.1 Å². The Bertz CT molecular complexity index is 438. The van der Waals surface area contributed by atoms with E-state index in [2.05, 4.69) is 16.4 Å². The van der Waals surface area contributed by atoms with Gasteiger partial charge in [0, 0.05) is 6.20 Å². The molecule has 0 aromatic carbocycles. The van der Waals surface area contributed by atoms with Gasteiger partial charge in [-0.2, -0.15) is 5.26 Å². The lowest BCUT2D eigenvalue weighted by Gasteiger charge is -2.16. The van der Waals surface area contributed by atoms with Gasteiger partial charge in [-0.15, -0.1) is 12.4 Å². The molecule has 0 atom stereocenters. The number of allylic oxidation sites excluding steroid dienone is 1. The molecule has 3 nitrogen and oxygen atoms in total. The van der Waals surface area contributed by atoms with E-state index < -0.39 is 0 Å². The summed E-state index contributed by atoms with van der Waals surface area (Å²) < 4.78 is 0. The van der Waals surface area contributed by atoms with Gasteiger partial charge in [0.1, 0.15) is 6.07 Å². The fourth-order valence-corrected chi connectivity index (χ4v) is 1.93. The molecule has 1 aromatic heterocycles. The molecule has 0 amide bonds. The van der Waals surface area contributed by atoms with Crippen LogP contribution in [0.5, 0.6) is 0 Å². The Balaban J connectivity index is 0.00000144. The highest BCUT2D eigenvalue weighted by molar-refractivity contribution is 6.30. The summed E-state index contributed by atoms with van der Waals surface area (Å²) in [6.07, 6.45) is 3.43. The lowest BCUT2D eigenvalue weighted by atomic mass is 9.97. The van der Waals surface area contributed by atoms with Gasteiger partial charge in [0.2, 0.25) is 0 Å². The van der Waals surface area contributed by atoms with Crippen molar-refractivity contribution in [2.45, 2.75) is 12.8 Å². The summed E-state index contributed by atoms with van der Waals surface area (Å²) in [5, 5.41) is 13.1. The largest absolute Gasteiger partial charge is 0.316 e. The normalized spacial score (nSPS) is 14.7. The second kappa shape index (κ2) is 6.61. The maximum Gasteiger partial charge on any atom is 0.101 e. The van der Waals surface area contributed by atoms with Crippen LogP contribution in [0.1, 0.15) is 18.5 Å². The Morgan fingerprint density at radius 3 is 2.59 bits per heavy atom. The van der Waals surface area contributed by atoms with Crippen molar-refractivity contribution in [3.63, 3.8) is 0 Å². The average molecular weight is 270 g/mol. The zero-order valence-corrected chi connectivity index (χ0v) is 10.8. The fraction of sp³-hybridized carbons (Fsp3) is 0.333. The van der Waals surface area contributed by atoms with E-state index in [0.717, 1.165) is 31.6 Å². The first-order valence-corrected chi connectivity index (χ1v) is 5.64. The van der Waals surface area contributed by atoms with Crippen molar-refractivity contribution in [1.82, 2.24) is 10.3 Å². The van der Waals surface area contributed by atoms with Gasteiger partial charge in [-0.1, -0.05) is 11.6 Å². The van der Waals surface area contributed by atoms with Crippen molar-refractivity contribution >= 4 is 29.6 Å². The molecule has 5 heteroatoms. The van der Waals surface area contributed by atoms with Crippen molar-refractivity contribution in [1.29, 1.82) is 5.26 Å². The van der Waals surface area contributed by atoms with Crippen LogP contribution in [-0.4, -0.2) is 18.1 Å². The highest BCUT2D eigenvalue weighted by Crippen LogP contribution is 2.23. The molecule has 90 valence electrons. The smallest absolute Gasteiger partial charge is 0.101 e. The van der Waals surface area contributed by atoms with E-state index in [0.29, 0.717) is 10.6 Å². The molecule has 1 aliphatic heterocycles. The zero-order valence-electron chi connectivity index (χ0n) is 9.24. The SMILES string of the molecule is Cl.N#CC(=C1CCNCC1)c1ccc(Cl)cn1. The Kier molecular flexibility index (Phi) is 5.43. The quantitative estimate of drug-likeness (QED) is 0.798. The lowest BCUT2D eigenvalue weighted by Crippen LogP contribution is -2.23. The van der Waals surface area contributed by atoms with Crippen molar-refractivity contribution < 1.29 is 0 Å². The Morgan fingerprint density at radius 1 is 1.35 bits per heavy atom. The van der Waals surface area contributed by atoms with Gasteiger partial charge in [-0.3, -0.25) is 4.98 Å². The molecule has 1 saturated heterocycles. The maximum absolute atomic E-state index is 9.20. The third kappa shape index (κ3) is 3.44. The first-order valence-electron chi connectivity index (χ1n) is 5.26. The molecular weight excluding hydrogens is 257 g/mol. The number of halogens is 2. The molecule has 1 aromatic rings. The minimum Gasteiger partial charge on any atom is -0.316 e. The molecule has 0 bridgehead atoms. The number of nitrogens with one attached hydrogen (secondary N) is 1. The number of rotatable bonds is 1.